The van der Waals surface area contributed by atoms with Gasteiger partial charge in [-0.15, -0.1) is 0 Å². The molecule has 4 aliphatic carbocycles. The van der Waals surface area contributed by atoms with Crippen LogP contribution < -0.4 is 20.1 Å². The van der Waals surface area contributed by atoms with Gasteiger partial charge in [0.1, 0.15) is 17.2 Å². The van der Waals surface area contributed by atoms with Gasteiger partial charge >= 0.3 is 5.97 Å². The highest BCUT2D eigenvalue weighted by Crippen LogP contribution is 2.71. The summed E-state index contributed by atoms with van der Waals surface area (Å²) in [5, 5.41) is 25.7. The SMILES string of the molecule is COc1cccc(OC)c1C12CC3CC(NC(=O)c4cc[nH]n4)(C1)C(C(=O)O)C(c1ccc(NC=O)c4ccccc14)(C3)C2. The number of carbonyl (C=O) groups is 3. The number of nitrogens with zero attached hydrogens (tertiary/aromatic N) is 1. The molecular formula is C34H34N4O6. The Morgan fingerprint density at radius 3 is 2.36 bits per heavy atom. The molecular weight excluding hydrogens is 560 g/mol. The van der Waals surface area contributed by atoms with Crippen molar-refractivity contribution in [2.75, 3.05) is 19.5 Å². The number of carbonyl (C=O) groups excluding carboxylic acids is 2. The molecule has 0 spiro atoms. The molecule has 8 rings (SSSR count). The van der Waals surface area contributed by atoms with E-state index in [1.165, 1.54) is 0 Å². The van der Waals surface area contributed by atoms with Gasteiger partial charge in [0, 0.05) is 33.7 Å². The number of nitrogens with one attached hydrogen (secondary N) is 3. The molecule has 226 valence electrons. The molecule has 4 fully saturated rings. The van der Waals surface area contributed by atoms with Crippen molar-refractivity contribution in [3.63, 3.8) is 0 Å². The summed E-state index contributed by atoms with van der Waals surface area (Å²) in [4.78, 5) is 38.9. The molecule has 5 atom stereocenters. The molecule has 4 saturated carbocycles. The fraction of sp³-hybridized carbons (Fsp3) is 0.353. The summed E-state index contributed by atoms with van der Waals surface area (Å²) >= 11 is 0. The number of hydrogen-bond acceptors (Lipinski definition) is 6. The highest BCUT2D eigenvalue weighted by atomic mass is 16.5. The van der Waals surface area contributed by atoms with E-state index in [0.29, 0.717) is 49.3 Å². The van der Waals surface area contributed by atoms with Crippen LogP contribution in [0.4, 0.5) is 5.69 Å². The monoisotopic (exact) mass is 594 g/mol. The lowest BCUT2D eigenvalue weighted by atomic mass is 9.35. The van der Waals surface area contributed by atoms with E-state index in [1.54, 1.807) is 26.5 Å². The Kier molecular flexibility index (Phi) is 6.42. The van der Waals surface area contributed by atoms with Crippen molar-refractivity contribution in [1.82, 2.24) is 15.5 Å². The molecule has 44 heavy (non-hydrogen) atoms. The third-order valence-electron chi connectivity index (χ3n) is 10.4. The molecule has 10 nitrogen and oxygen atoms in total. The van der Waals surface area contributed by atoms with E-state index in [0.717, 1.165) is 28.3 Å². The maximum Gasteiger partial charge on any atom is 0.309 e. The van der Waals surface area contributed by atoms with E-state index >= 15 is 0 Å². The van der Waals surface area contributed by atoms with Gasteiger partial charge in [-0.05, 0) is 73.2 Å². The molecule has 4 aromatic rings. The number of hydrogen-bond donors (Lipinski definition) is 4. The Morgan fingerprint density at radius 1 is 0.955 bits per heavy atom. The number of aliphatic carboxylic acids is 1. The van der Waals surface area contributed by atoms with Gasteiger partial charge in [-0.2, -0.15) is 5.10 Å². The molecule has 4 bridgehead atoms. The van der Waals surface area contributed by atoms with Crippen LogP contribution in [0, 0.1) is 11.8 Å². The summed E-state index contributed by atoms with van der Waals surface area (Å²) in [7, 11) is 3.27. The number of amides is 2. The van der Waals surface area contributed by atoms with Gasteiger partial charge in [0.15, 0.2) is 0 Å². The average molecular weight is 595 g/mol. The number of carboxylic acid groups (broad SMARTS) is 1. The molecule has 4 aliphatic rings. The zero-order valence-electron chi connectivity index (χ0n) is 24.6. The van der Waals surface area contributed by atoms with E-state index in [1.807, 2.05) is 54.6 Å². The van der Waals surface area contributed by atoms with Crippen LogP contribution in [0.2, 0.25) is 0 Å². The Balaban J connectivity index is 1.52. The Bertz CT molecular complexity index is 1770. The third kappa shape index (κ3) is 3.93. The van der Waals surface area contributed by atoms with Crippen LogP contribution >= 0.6 is 0 Å². The summed E-state index contributed by atoms with van der Waals surface area (Å²) < 4.78 is 11.9. The van der Waals surface area contributed by atoms with Crippen LogP contribution in [0.25, 0.3) is 10.8 Å². The fourth-order valence-electron chi connectivity index (χ4n) is 9.58. The van der Waals surface area contributed by atoms with Crippen molar-refractivity contribution in [2.45, 2.75) is 48.5 Å². The van der Waals surface area contributed by atoms with Crippen LogP contribution in [-0.2, 0) is 20.4 Å². The van der Waals surface area contributed by atoms with Crippen LogP contribution in [0.1, 0.15) is 53.7 Å². The van der Waals surface area contributed by atoms with Gasteiger partial charge in [0.05, 0.1) is 25.7 Å². The number of benzene rings is 3. The summed E-state index contributed by atoms with van der Waals surface area (Å²) in [5.41, 5.74) is 0.145. The predicted octanol–water partition coefficient (Wildman–Crippen LogP) is 4.80. The first-order valence-corrected chi connectivity index (χ1v) is 14.8. The highest BCUT2D eigenvalue weighted by Gasteiger charge is 2.72. The standard InChI is InChI=1S/C34H34N4O6/c1-43-26-8-5-9-27(44-2)28(26)32-14-20-15-33(17-32,23-10-11-24(35-19-39)22-7-4-3-6-21(22)23)29(31(41)42)34(16-20,18-32)37-30(40)25-12-13-36-38-25/h3-13,19-20,29H,14-18H2,1-2H3,(H,35,39)(H,36,38)(H,37,40)(H,41,42). The number of aromatic amines is 1. The van der Waals surface area contributed by atoms with Crippen molar-refractivity contribution in [3.8, 4) is 11.5 Å². The number of rotatable bonds is 9. The van der Waals surface area contributed by atoms with E-state index in [4.69, 9.17) is 9.47 Å². The predicted molar refractivity (Wildman–Crippen MR) is 163 cm³/mol. The van der Waals surface area contributed by atoms with E-state index in [2.05, 4.69) is 20.8 Å². The number of ether oxygens (including phenoxy) is 2. The zero-order chi connectivity index (χ0) is 30.7. The topological polar surface area (TPSA) is 143 Å². The molecule has 3 aromatic carbocycles. The van der Waals surface area contributed by atoms with Gasteiger partial charge < -0.3 is 25.2 Å². The molecule has 5 unspecified atom stereocenters. The number of fused-ring (bicyclic) bond motifs is 1. The Labute approximate surface area is 254 Å². The number of methoxy groups -OCH3 is 2. The molecule has 10 heteroatoms. The second kappa shape index (κ2) is 10.1. The second-order valence-electron chi connectivity index (χ2n) is 12.6. The van der Waals surface area contributed by atoms with Crippen LogP contribution in [-0.4, -0.2) is 53.3 Å². The van der Waals surface area contributed by atoms with Crippen LogP contribution in [0.15, 0.2) is 66.9 Å². The molecule has 1 aromatic heterocycles. The Morgan fingerprint density at radius 2 is 1.70 bits per heavy atom. The largest absolute Gasteiger partial charge is 0.496 e. The molecule has 1 heterocycles. The van der Waals surface area contributed by atoms with Crippen molar-refractivity contribution in [1.29, 1.82) is 0 Å². The lowest BCUT2D eigenvalue weighted by Gasteiger charge is -2.69. The maximum atomic E-state index is 13.7. The lowest BCUT2D eigenvalue weighted by Crippen LogP contribution is -2.75. The van der Waals surface area contributed by atoms with Crippen molar-refractivity contribution in [3.05, 3.63) is 83.7 Å². The molecule has 2 amide bonds. The van der Waals surface area contributed by atoms with Gasteiger partial charge in [-0.25, -0.2) is 0 Å². The summed E-state index contributed by atoms with van der Waals surface area (Å²) in [6.45, 7) is 0. The Hall–Kier alpha value is -4.86. The van der Waals surface area contributed by atoms with Crippen molar-refractivity contribution >= 4 is 34.7 Å². The number of aromatic nitrogens is 2. The van der Waals surface area contributed by atoms with Gasteiger partial charge in [-0.3, -0.25) is 19.5 Å². The first kappa shape index (κ1) is 27.9. The first-order valence-electron chi connectivity index (χ1n) is 14.8. The normalized spacial score (nSPS) is 28.4. The second-order valence-corrected chi connectivity index (χ2v) is 12.6. The number of carboxylic acids is 1. The van der Waals surface area contributed by atoms with Crippen molar-refractivity contribution in [2.24, 2.45) is 11.8 Å². The quantitative estimate of drug-likeness (QED) is 0.204. The molecule has 0 saturated heterocycles. The van der Waals surface area contributed by atoms with E-state index in [9.17, 15) is 19.5 Å². The molecule has 4 N–H and O–H groups in total. The van der Waals surface area contributed by atoms with Gasteiger partial charge in [-0.1, -0.05) is 36.4 Å². The van der Waals surface area contributed by atoms with Crippen molar-refractivity contribution < 1.29 is 29.0 Å². The maximum absolute atomic E-state index is 13.7. The minimum atomic E-state index is -1.09. The van der Waals surface area contributed by atoms with Gasteiger partial charge in [0.25, 0.3) is 5.91 Å². The van der Waals surface area contributed by atoms with Crippen LogP contribution in [0.3, 0.4) is 0 Å². The zero-order valence-corrected chi connectivity index (χ0v) is 24.6. The summed E-state index contributed by atoms with van der Waals surface area (Å²) in [5.74, 6) is -0.833. The number of anilines is 1. The minimum absolute atomic E-state index is 0.105. The summed E-state index contributed by atoms with van der Waals surface area (Å²) in [6, 6.07) is 18.9. The summed E-state index contributed by atoms with van der Waals surface area (Å²) in [6.07, 6.45) is 5.14. The third-order valence-corrected chi connectivity index (χ3v) is 10.4. The average Bonchev–Trinajstić information content (AvgIpc) is 3.55. The highest BCUT2D eigenvalue weighted by molar-refractivity contribution is 6.00. The smallest absolute Gasteiger partial charge is 0.309 e. The van der Waals surface area contributed by atoms with Crippen LogP contribution in [0.5, 0.6) is 11.5 Å². The molecule has 0 radical (unpaired) electrons. The molecule has 0 aliphatic heterocycles. The lowest BCUT2D eigenvalue weighted by molar-refractivity contribution is -0.167. The van der Waals surface area contributed by atoms with Gasteiger partial charge in [0.2, 0.25) is 6.41 Å². The minimum Gasteiger partial charge on any atom is -0.496 e. The first-order chi connectivity index (χ1) is 21.3. The van der Waals surface area contributed by atoms with E-state index < -0.39 is 34.2 Å². The fourth-order valence-corrected chi connectivity index (χ4v) is 9.58. The number of H-pyrrole nitrogens is 1. The van der Waals surface area contributed by atoms with E-state index in [-0.39, 0.29) is 11.6 Å².